The number of carbonyl (C=O) groups is 1. The van der Waals surface area contributed by atoms with E-state index in [1.54, 1.807) is 0 Å². The summed E-state index contributed by atoms with van der Waals surface area (Å²) in [6, 6.07) is 7.86. The Morgan fingerprint density at radius 3 is 2.74 bits per heavy atom. The molecule has 8 heteroatoms. The van der Waals surface area contributed by atoms with E-state index in [9.17, 15) is 9.90 Å². The maximum absolute atomic E-state index is 11.8. The molecule has 0 atom stereocenters. The lowest BCUT2D eigenvalue weighted by atomic mass is 9.97. The minimum atomic E-state index is -0.654. The number of aryl methyl sites for hydroxylation is 1. The first kappa shape index (κ1) is 19.4. The van der Waals surface area contributed by atoms with Crippen molar-refractivity contribution >= 4 is 34.7 Å². The molecule has 0 unspecified atom stereocenters. The van der Waals surface area contributed by atoms with Crippen molar-refractivity contribution in [2.75, 3.05) is 29.9 Å². The minimum absolute atomic E-state index is 0.0745. The number of aliphatic hydroxyl groups is 1. The van der Waals surface area contributed by atoms with Crippen molar-refractivity contribution in [2.45, 2.75) is 26.2 Å². The van der Waals surface area contributed by atoms with Crippen LogP contribution in [0.15, 0.2) is 24.3 Å². The maximum Gasteiger partial charge on any atom is 0.271 e. The molecular weight excluding hydrogens is 366 g/mol. The van der Waals surface area contributed by atoms with Gasteiger partial charge < -0.3 is 21.1 Å². The fourth-order valence-corrected chi connectivity index (χ4v) is 3.48. The third-order valence-electron chi connectivity index (χ3n) is 4.83. The lowest BCUT2D eigenvalue weighted by Gasteiger charge is -2.33. The van der Waals surface area contributed by atoms with Crippen LogP contribution in [0.1, 0.15) is 35.9 Å². The van der Waals surface area contributed by atoms with Crippen LogP contribution in [0.3, 0.4) is 0 Å². The number of aliphatic hydroxyl groups excluding tert-OH is 1. The molecule has 3 rings (SSSR count). The molecule has 1 aliphatic heterocycles. The van der Waals surface area contributed by atoms with E-state index in [2.05, 4.69) is 20.2 Å². The highest BCUT2D eigenvalue weighted by Gasteiger charge is 2.20. The van der Waals surface area contributed by atoms with Gasteiger partial charge in [0, 0.05) is 31.1 Å². The predicted molar refractivity (Wildman–Crippen MR) is 107 cm³/mol. The van der Waals surface area contributed by atoms with Crippen LogP contribution >= 0.6 is 11.6 Å². The second-order valence-electron chi connectivity index (χ2n) is 6.66. The Labute approximate surface area is 163 Å². The first-order valence-corrected chi connectivity index (χ1v) is 9.48. The van der Waals surface area contributed by atoms with E-state index in [1.165, 1.54) is 0 Å². The first-order valence-electron chi connectivity index (χ1n) is 9.11. The fourth-order valence-electron chi connectivity index (χ4n) is 3.22. The molecule has 1 aromatic carbocycles. The van der Waals surface area contributed by atoms with Crippen LogP contribution in [-0.4, -0.2) is 40.7 Å². The molecule has 1 amide bonds. The summed E-state index contributed by atoms with van der Waals surface area (Å²) in [4.78, 5) is 22.6. The molecule has 0 radical (unpaired) electrons. The van der Waals surface area contributed by atoms with Gasteiger partial charge in [0.25, 0.3) is 5.91 Å². The average Bonchev–Trinajstić information content (AvgIpc) is 2.68. The van der Waals surface area contributed by atoms with E-state index in [1.807, 2.05) is 31.2 Å². The molecule has 0 saturated carbocycles. The summed E-state index contributed by atoms with van der Waals surface area (Å²) < 4.78 is 0. The Hall–Kier alpha value is -2.38. The van der Waals surface area contributed by atoms with Crippen LogP contribution in [-0.2, 0) is 6.42 Å². The second kappa shape index (κ2) is 8.54. The van der Waals surface area contributed by atoms with Crippen molar-refractivity contribution in [3.05, 3.63) is 40.8 Å². The van der Waals surface area contributed by atoms with Crippen molar-refractivity contribution in [2.24, 2.45) is 11.7 Å². The van der Waals surface area contributed by atoms with Crippen LogP contribution in [0.5, 0.6) is 0 Å². The summed E-state index contributed by atoms with van der Waals surface area (Å²) in [5.41, 5.74) is 7.92. The van der Waals surface area contributed by atoms with E-state index >= 15 is 0 Å². The monoisotopic (exact) mass is 389 g/mol. The van der Waals surface area contributed by atoms with E-state index in [-0.39, 0.29) is 23.3 Å². The first-order chi connectivity index (χ1) is 13.0. The summed E-state index contributed by atoms with van der Waals surface area (Å²) in [6.45, 7) is 3.94. The SMILES string of the molecule is CCc1nc(C(N)=O)c(Nc2cccc(N3CCC(CO)CC3)c2)nc1Cl. The Balaban J connectivity index is 1.83. The molecule has 1 fully saturated rings. The van der Waals surface area contributed by atoms with Crippen LogP contribution in [0.4, 0.5) is 17.2 Å². The highest BCUT2D eigenvalue weighted by atomic mass is 35.5. The van der Waals surface area contributed by atoms with Crippen molar-refractivity contribution < 1.29 is 9.90 Å². The molecule has 2 aromatic rings. The number of rotatable bonds is 6. The molecule has 144 valence electrons. The Kier molecular flexibility index (Phi) is 6.13. The second-order valence-corrected chi connectivity index (χ2v) is 7.02. The zero-order chi connectivity index (χ0) is 19.4. The zero-order valence-corrected chi connectivity index (χ0v) is 16.0. The number of nitrogens with zero attached hydrogens (tertiary/aromatic N) is 3. The number of nitrogens with one attached hydrogen (secondary N) is 1. The molecule has 0 bridgehead atoms. The number of carbonyl (C=O) groups excluding carboxylic acids is 1. The average molecular weight is 390 g/mol. The molecule has 1 aromatic heterocycles. The summed E-state index contributed by atoms with van der Waals surface area (Å²) >= 11 is 6.16. The van der Waals surface area contributed by atoms with Crippen molar-refractivity contribution in [3.63, 3.8) is 0 Å². The van der Waals surface area contributed by atoms with Gasteiger partial charge in [-0.1, -0.05) is 24.6 Å². The zero-order valence-electron chi connectivity index (χ0n) is 15.3. The van der Waals surface area contributed by atoms with Gasteiger partial charge in [-0.3, -0.25) is 4.79 Å². The largest absolute Gasteiger partial charge is 0.396 e. The van der Waals surface area contributed by atoms with Gasteiger partial charge in [-0.15, -0.1) is 0 Å². The molecule has 7 nitrogen and oxygen atoms in total. The van der Waals surface area contributed by atoms with Gasteiger partial charge in [-0.05, 0) is 43.4 Å². The van der Waals surface area contributed by atoms with Crippen molar-refractivity contribution in [3.8, 4) is 0 Å². The molecule has 1 aliphatic rings. The molecular formula is C19H24ClN5O2. The van der Waals surface area contributed by atoms with Gasteiger partial charge in [0.15, 0.2) is 16.7 Å². The van der Waals surface area contributed by atoms with Gasteiger partial charge in [0.05, 0.1) is 5.69 Å². The number of benzene rings is 1. The standard InChI is InChI=1S/C19H24ClN5O2/c1-2-15-17(20)24-19(16(23-15)18(21)27)22-13-4-3-5-14(10-13)25-8-6-12(11-26)7-9-25/h3-5,10,12,26H,2,6-9,11H2,1H3,(H2,21,27)(H,22,24). The van der Waals surface area contributed by atoms with E-state index in [0.717, 1.165) is 37.3 Å². The highest BCUT2D eigenvalue weighted by molar-refractivity contribution is 6.30. The number of hydrogen-bond donors (Lipinski definition) is 3. The maximum atomic E-state index is 11.8. The van der Waals surface area contributed by atoms with E-state index in [0.29, 0.717) is 18.0 Å². The Morgan fingerprint density at radius 1 is 1.37 bits per heavy atom. The fraction of sp³-hybridized carbons (Fsp3) is 0.421. The van der Waals surface area contributed by atoms with Gasteiger partial charge in [-0.2, -0.15) is 0 Å². The number of primary amides is 1. The number of amides is 1. The Bertz CT molecular complexity index is 822. The summed E-state index contributed by atoms with van der Waals surface area (Å²) in [5, 5.41) is 12.7. The third-order valence-corrected chi connectivity index (χ3v) is 5.14. The van der Waals surface area contributed by atoms with Gasteiger partial charge >= 0.3 is 0 Å². The number of aromatic nitrogens is 2. The van der Waals surface area contributed by atoms with Crippen LogP contribution in [0.2, 0.25) is 5.15 Å². The van der Waals surface area contributed by atoms with Gasteiger partial charge in [0.2, 0.25) is 0 Å². The topological polar surface area (TPSA) is 104 Å². The minimum Gasteiger partial charge on any atom is -0.396 e. The van der Waals surface area contributed by atoms with Crippen LogP contribution < -0.4 is 16.0 Å². The summed E-state index contributed by atoms with van der Waals surface area (Å²) in [7, 11) is 0. The number of halogens is 1. The van der Waals surface area contributed by atoms with Crippen LogP contribution in [0.25, 0.3) is 0 Å². The number of piperidine rings is 1. The smallest absolute Gasteiger partial charge is 0.271 e. The third kappa shape index (κ3) is 4.48. The Morgan fingerprint density at radius 2 is 2.11 bits per heavy atom. The lowest BCUT2D eigenvalue weighted by molar-refractivity contribution is 0.0996. The quantitative estimate of drug-likeness (QED) is 0.701. The van der Waals surface area contributed by atoms with Gasteiger partial charge in [0.1, 0.15) is 0 Å². The number of hydrogen-bond acceptors (Lipinski definition) is 6. The number of anilines is 3. The predicted octanol–water partition coefficient (Wildman–Crippen LogP) is 2.74. The molecule has 1 saturated heterocycles. The number of nitrogens with two attached hydrogens (primary N) is 1. The van der Waals surface area contributed by atoms with Crippen molar-refractivity contribution in [1.82, 2.24) is 9.97 Å². The normalized spacial score (nSPS) is 15.0. The molecule has 4 N–H and O–H groups in total. The highest BCUT2D eigenvalue weighted by Crippen LogP contribution is 2.28. The molecule has 0 spiro atoms. The van der Waals surface area contributed by atoms with Gasteiger partial charge in [-0.25, -0.2) is 9.97 Å². The summed E-state index contributed by atoms with van der Waals surface area (Å²) in [6.07, 6.45) is 2.50. The van der Waals surface area contributed by atoms with Crippen molar-refractivity contribution in [1.29, 1.82) is 0 Å². The molecule has 0 aliphatic carbocycles. The summed E-state index contributed by atoms with van der Waals surface area (Å²) in [5.74, 6) is -0.0189. The van der Waals surface area contributed by atoms with Crippen LogP contribution in [0, 0.1) is 5.92 Å². The lowest BCUT2D eigenvalue weighted by Crippen LogP contribution is -2.34. The molecule has 27 heavy (non-hydrogen) atoms. The van der Waals surface area contributed by atoms with E-state index in [4.69, 9.17) is 17.3 Å². The molecule has 2 heterocycles. The van der Waals surface area contributed by atoms with E-state index < -0.39 is 5.91 Å².